The Morgan fingerprint density at radius 3 is 2.89 bits per heavy atom. The van der Waals surface area contributed by atoms with Crippen molar-refractivity contribution in [3.63, 3.8) is 0 Å². The highest BCUT2D eigenvalue weighted by Gasteiger charge is 2.09. The monoisotopic (exact) mass is 248 g/mol. The molecule has 0 spiro atoms. The quantitative estimate of drug-likeness (QED) is 0.798. The van der Waals surface area contributed by atoms with Crippen LogP contribution in [0.3, 0.4) is 0 Å². The van der Waals surface area contributed by atoms with Gasteiger partial charge in [-0.1, -0.05) is 19.1 Å². The SMILES string of the molecule is CCCNCCc1ncc(-c2ccccc2F)o1. The largest absolute Gasteiger partial charge is 0.441 e. The predicted octanol–water partition coefficient (Wildman–Crippen LogP) is 3.02. The summed E-state index contributed by atoms with van der Waals surface area (Å²) in [5, 5.41) is 3.27. The Bertz CT molecular complexity index is 496. The van der Waals surface area contributed by atoms with Crippen LogP contribution in [0.4, 0.5) is 4.39 Å². The fourth-order valence-electron chi connectivity index (χ4n) is 1.71. The van der Waals surface area contributed by atoms with Crippen LogP contribution in [0.15, 0.2) is 34.9 Å². The predicted molar refractivity (Wildman–Crippen MR) is 68.8 cm³/mol. The molecule has 2 rings (SSSR count). The van der Waals surface area contributed by atoms with Gasteiger partial charge in [-0.05, 0) is 25.1 Å². The number of halogens is 1. The normalized spacial score (nSPS) is 10.8. The van der Waals surface area contributed by atoms with E-state index >= 15 is 0 Å². The van der Waals surface area contributed by atoms with E-state index in [4.69, 9.17) is 4.42 Å². The molecule has 0 bridgehead atoms. The zero-order chi connectivity index (χ0) is 12.8. The summed E-state index contributed by atoms with van der Waals surface area (Å²) in [5.74, 6) is 0.833. The van der Waals surface area contributed by atoms with Crippen molar-refractivity contribution < 1.29 is 8.81 Å². The van der Waals surface area contributed by atoms with E-state index in [0.717, 1.165) is 19.5 Å². The second-order valence-corrected chi connectivity index (χ2v) is 4.10. The smallest absolute Gasteiger partial charge is 0.196 e. The number of nitrogens with one attached hydrogen (secondary N) is 1. The first-order valence-corrected chi connectivity index (χ1v) is 6.21. The molecule has 1 N–H and O–H groups in total. The molecule has 0 aliphatic rings. The Labute approximate surface area is 106 Å². The average molecular weight is 248 g/mol. The van der Waals surface area contributed by atoms with Gasteiger partial charge in [-0.2, -0.15) is 0 Å². The van der Waals surface area contributed by atoms with Gasteiger partial charge in [0.1, 0.15) is 5.82 Å². The molecule has 0 amide bonds. The van der Waals surface area contributed by atoms with Crippen molar-refractivity contribution in [1.82, 2.24) is 10.3 Å². The number of hydrogen-bond acceptors (Lipinski definition) is 3. The summed E-state index contributed by atoms with van der Waals surface area (Å²) in [6.45, 7) is 3.93. The molecule has 0 aliphatic heterocycles. The molecule has 0 atom stereocenters. The standard InChI is InChI=1S/C14H17FN2O/c1-2-8-16-9-7-14-17-10-13(18-14)11-5-3-4-6-12(11)15/h3-6,10,16H,2,7-9H2,1H3. The van der Waals surface area contributed by atoms with Crippen LogP contribution in [0, 0.1) is 5.82 Å². The van der Waals surface area contributed by atoms with Crippen LogP contribution in [0.2, 0.25) is 0 Å². The van der Waals surface area contributed by atoms with Gasteiger partial charge in [0.05, 0.1) is 11.8 Å². The lowest BCUT2D eigenvalue weighted by Crippen LogP contribution is -2.17. The molecular weight excluding hydrogens is 231 g/mol. The summed E-state index contributed by atoms with van der Waals surface area (Å²) >= 11 is 0. The molecule has 3 nitrogen and oxygen atoms in total. The minimum atomic E-state index is -0.288. The average Bonchev–Trinajstić information content (AvgIpc) is 2.84. The van der Waals surface area contributed by atoms with Gasteiger partial charge in [-0.3, -0.25) is 0 Å². The number of hydrogen-bond donors (Lipinski definition) is 1. The molecule has 18 heavy (non-hydrogen) atoms. The first-order chi connectivity index (χ1) is 8.81. The molecule has 0 aliphatic carbocycles. The van der Waals surface area contributed by atoms with Crippen molar-refractivity contribution >= 4 is 0 Å². The first-order valence-electron chi connectivity index (χ1n) is 6.21. The Kier molecular flexibility index (Phi) is 4.47. The minimum Gasteiger partial charge on any atom is -0.441 e. The van der Waals surface area contributed by atoms with E-state index in [-0.39, 0.29) is 5.82 Å². The Balaban J connectivity index is 2.00. The molecule has 0 unspecified atom stereocenters. The summed E-state index contributed by atoms with van der Waals surface area (Å²) in [7, 11) is 0. The molecule has 96 valence electrons. The van der Waals surface area contributed by atoms with Crippen LogP contribution < -0.4 is 5.32 Å². The fourth-order valence-corrected chi connectivity index (χ4v) is 1.71. The van der Waals surface area contributed by atoms with Gasteiger partial charge < -0.3 is 9.73 Å². The summed E-state index contributed by atoms with van der Waals surface area (Å²) in [6, 6.07) is 6.55. The van der Waals surface area contributed by atoms with Gasteiger partial charge in [0, 0.05) is 13.0 Å². The Morgan fingerprint density at radius 1 is 1.28 bits per heavy atom. The van der Waals surface area contributed by atoms with Crippen molar-refractivity contribution in [3.05, 3.63) is 42.2 Å². The maximum Gasteiger partial charge on any atom is 0.196 e. The molecular formula is C14H17FN2O. The minimum absolute atomic E-state index is 0.288. The maximum atomic E-state index is 13.5. The summed E-state index contributed by atoms with van der Waals surface area (Å²) in [6.07, 6.45) is 3.40. The second-order valence-electron chi connectivity index (χ2n) is 4.10. The van der Waals surface area contributed by atoms with E-state index in [9.17, 15) is 4.39 Å². The zero-order valence-electron chi connectivity index (χ0n) is 10.4. The van der Waals surface area contributed by atoms with Crippen LogP contribution in [0.5, 0.6) is 0 Å². The van der Waals surface area contributed by atoms with Crippen LogP contribution >= 0.6 is 0 Å². The Morgan fingerprint density at radius 2 is 2.11 bits per heavy atom. The van der Waals surface area contributed by atoms with Crippen molar-refractivity contribution in [1.29, 1.82) is 0 Å². The van der Waals surface area contributed by atoms with Gasteiger partial charge in [0.2, 0.25) is 0 Å². The van der Waals surface area contributed by atoms with Crippen LogP contribution in [0.25, 0.3) is 11.3 Å². The van der Waals surface area contributed by atoms with Crippen molar-refractivity contribution in [2.75, 3.05) is 13.1 Å². The van der Waals surface area contributed by atoms with Gasteiger partial charge in [-0.15, -0.1) is 0 Å². The molecule has 1 aromatic carbocycles. The number of oxazole rings is 1. The third-order valence-electron chi connectivity index (χ3n) is 2.64. The van der Waals surface area contributed by atoms with Crippen LogP contribution in [-0.2, 0) is 6.42 Å². The van der Waals surface area contributed by atoms with E-state index < -0.39 is 0 Å². The molecule has 0 saturated carbocycles. The number of nitrogens with zero attached hydrogens (tertiary/aromatic N) is 1. The van der Waals surface area contributed by atoms with Gasteiger partial charge in [-0.25, -0.2) is 9.37 Å². The van der Waals surface area contributed by atoms with E-state index in [1.807, 2.05) is 0 Å². The third-order valence-corrected chi connectivity index (χ3v) is 2.64. The summed E-state index contributed by atoms with van der Waals surface area (Å²) in [5.41, 5.74) is 0.456. The summed E-state index contributed by atoms with van der Waals surface area (Å²) < 4.78 is 19.1. The highest BCUT2D eigenvalue weighted by atomic mass is 19.1. The number of benzene rings is 1. The third kappa shape index (κ3) is 3.17. The molecule has 0 radical (unpaired) electrons. The highest BCUT2D eigenvalue weighted by Crippen LogP contribution is 2.23. The maximum absolute atomic E-state index is 13.5. The highest BCUT2D eigenvalue weighted by molar-refractivity contribution is 5.56. The number of rotatable bonds is 6. The fraction of sp³-hybridized carbons (Fsp3) is 0.357. The van der Waals surface area contributed by atoms with Crippen LogP contribution in [-0.4, -0.2) is 18.1 Å². The van der Waals surface area contributed by atoms with Crippen LogP contribution in [0.1, 0.15) is 19.2 Å². The van der Waals surface area contributed by atoms with Gasteiger partial charge >= 0.3 is 0 Å². The molecule has 1 heterocycles. The zero-order valence-corrected chi connectivity index (χ0v) is 10.4. The van der Waals surface area contributed by atoms with Gasteiger partial charge in [0.25, 0.3) is 0 Å². The Hall–Kier alpha value is -1.68. The van der Waals surface area contributed by atoms with Crippen molar-refractivity contribution in [2.45, 2.75) is 19.8 Å². The molecule has 4 heteroatoms. The molecule has 2 aromatic rings. The second kappa shape index (κ2) is 6.31. The lowest BCUT2D eigenvalue weighted by Gasteiger charge is -2.00. The topological polar surface area (TPSA) is 38.1 Å². The molecule has 0 fully saturated rings. The van der Waals surface area contributed by atoms with Crippen molar-refractivity contribution in [2.24, 2.45) is 0 Å². The van der Waals surface area contributed by atoms with E-state index in [0.29, 0.717) is 23.6 Å². The van der Waals surface area contributed by atoms with Gasteiger partial charge in [0.15, 0.2) is 11.7 Å². The molecule has 0 saturated heterocycles. The first kappa shape index (κ1) is 12.8. The van der Waals surface area contributed by atoms with E-state index in [1.54, 1.807) is 24.4 Å². The lowest BCUT2D eigenvalue weighted by atomic mass is 10.2. The summed E-state index contributed by atoms with van der Waals surface area (Å²) in [4.78, 5) is 4.16. The van der Waals surface area contributed by atoms with E-state index in [2.05, 4.69) is 17.2 Å². The number of aromatic nitrogens is 1. The van der Waals surface area contributed by atoms with Crippen molar-refractivity contribution in [3.8, 4) is 11.3 Å². The molecule has 1 aromatic heterocycles. The van der Waals surface area contributed by atoms with E-state index in [1.165, 1.54) is 6.07 Å². The lowest BCUT2D eigenvalue weighted by molar-refractivity contribution is 0.491.